The molecule has 5 heteroatoms. The number of nitrogens with one attached hydrogen (secondary N) is 1. The van der Waals surface area contributed by atoms with Crippen molar-refractivity contribution in [2.45, 2.75) is 32.2 Å². The Balaban J connectivity index is 0.00000243. The van der Waals surface area contributed by atoms with Crippen LogP contribution in [-0.4, -0.2) is 38.1 Å². The van der Waals surface area contributed by atoms with Crippen molar-refractivity contribution in [3.05, 3.63) is 42.0 Å². The van der Waals surface area contributed by atoms with Crippen molar-refractivity contribution in [2.24, 2.45) is 5.92 Å². The molecule has 0 unspecified atom stereocenters. The molecule has 0 atom stereocenters. The Bertz CT molecular complexity index is 729. The predicted molar refractivity (Wildman–Crippen MR) is 109 cm³/mol. The van der Waals surface area contributed by atoms with Crippen LogP contribution in [0.3, 0.4) is 0 Å². The van der Waals surface area contributed by atoms with Crippen LogP contribution in [0, 0.1) is 5.92 Å². The van der Waals surface area contributed by atoms with Crippen molar-refractivity contribution in [1.29, 1.82) is 0 Å². The monoisotopic (exact) mass is 376 g/mol. The van der Waals surface area contributed by atoms with Gasteiger partial charge in [0.1, 0.15) is 5.75 Å². The van der Waals surface area contributed by atoms with Gasteiger partial charge in [0, 0.05) is 20.0 Å². The van der Waals surface area contributed by atoms with Crippen molar-refractivity contribution in [1.82, 2.24) is 10.2 Å². The normalized spacial score (nSPS) is 14.7. The van der Waals surface area contributed by atoms with Gasteiger partial charge in [0.2, 0.25) is 5.91 Å². The number of methoxy groups -OCH3 is 1. The largest absolute Gasteiger partial charge is 0.497 e. The molecule has 1 fully saturated rings. The summed E-state index contributed by atoms with van der Waals surface area (Å²) < 4.78 is 5.27. The Morgan fingerprint density at radius 2 is 1.85 bits per heavy atom. The maximum absolute atomic E-state index is 12.4. The molecule has 4 nitrogen and oxygen atoms in total. The van der Waals surface area contributed by atoms with Crippen LogP contribution >= 0.6 is 12.4 Å². The number of halogens is 1. The highest BCUT2D eigenvalue weighted by Crippen LogP contribution is 2.23. The number of amides is 1. The predicted octanol–water partition coefficient (Wildman–Crippen LogP) is 4.01. The number of nitrogens with zero attached hydrogens (tertiary/aromatic N) is 1. The Hall–Kier alpha value is -1.78. The summed E-state index contributed by atoms with van der Waals surface area (Å²) >= 11 is 0. The van der Waals surface area contributed by atoms with Crippen molar-refractivity contribution in [3.8, 4) is 5.75 Å². The van der Waals surface area contributed by atoms with Gasteiger partial charge in [-0.15, -0.1) is 12.4 Å². The third kappa shape index (κ3) is 5.36. The zero-order valence-corrected chi connectivity index (χ0v) is 16.5. The Kier molecular flexibility index (Phi) is 7.73. The highest BCUT2D eigenvalue weighted by atomic mass is 35.5. The molecule has 1 saturated heterocycles. The molecule has 2 aromatic carbocycles. The molecule has 0 radical (unpaired) electrons. The molecule has 0 aliphatic carbocycles. The molecule has 0 aromatic heterocycles. The van der Waals surface area contributed by atoms with E-state index >= 15 is 0 Å². The molecule has 0 spiro atoms. The molecule has 1 aliphatic heterocycles. The maximum Gasteiger partial charge on any atom is 0.222 e. The highest BCUT2D eigenvalue weighted by Gasteiger charge is 2.16. The first-order valence-electron chi connectivity index (χ1n) is 9.17. The molecule has 26 heavy (non-hydrogen) atoms. The van der Waals surface area contributed by atoms with Crippen LogP contribution in [0.4, 0.5) is 0 Å². The van der Waals surface area contributed by atoms with E-state index in [1.54, 1.807) is 7.11 Å². The molecule has 142 valence electrons. The van der Waals surface area contributed by atoms with E-state index in [1.807, 2.05) is 24.1 Å². The van der Waals surface area contributed by atoms with Crippen molar-refractivity contribution in [3.63, 3.8) is 0 Å². The Morgan fingerprint density at radius 1 is 1.15 bits per heavy atom. The molecule has 3 rings (SSSR count). The van der Waals surface area contributed by atoms with E-state index in [0.29, 0.717) is 18.9 Å². The number of fused-ring (bicyclic) bond motifs is 1. The van der Waals surface area contributed by atoms with Crippen molar-refractivity contribution >= 4 is 29.1 Å². The number of piperidine rings is 1. The van der Waals surface area contributed by atoms with Crippen LogP contribution in [-0.2, 0) is 11.3 Å². The van der Waals surface area contributed by atoms with E-state index in [9.17, 15) is 4.79 Å². The number of hydrogen-bond donors (Lipinski definition) is 1. The second-order valence-corrected chi connectivity index (χ2v) is 7.03. The second-order valence-electron chi connectivity index (χ2n) is 7.03. The maximum atomic E-state index is 12.4. The highest BCUT2D eigenvalue weighted by molar-refractivity contribution is 5.85. The number of carbonyl (C=O) groups is 1. The quantitative estimate of drug-likeness (QED) is 0.828. The summed E-state index contributed by atoms with van der Waals surface area (Å²) in [4.78, 5) is 14.3. The molecular weight excluding hydrogens is 348 g/mol. The van der Waals surface area contributed by atoms with Gasteiger partial charge >= 0.3 is 0 Å². The molecule has 0 saturated carbocycles. The van der Waals surface area contributed by atoms with Crippen LogP contribution in [0.15, 0.2) is 36.4 Å². The van der Waals surface area contributed by atoms with E-state index in [0.717, 1.165) is 36.2 Å². The van der Waals surface area contributed by atoms with Crippen LogP contribution in [0.5, 0.6) is 5.75 Å². The second kappa shape index (κ2) is 9.79. The van der Waals surface area contributed by atoms with Gasteiger partial charge in [-0.3, -0.25) is 4.79 Å². The SMILES string of the molecule is COc1ccc2cc(CN(C)C(=O)CCC3CCNCC3)ccc2c1.Cl. The van der Waals surface area contributed by atoms with E-state index in [2.05, 4.69) is 29.6 Å². The summed E-state index contributed by atoms with van der Waals surface area (Å²) in [5, 5.41) is 5.71. The average Bonchev–Trinajstić information content (AvgIpc) is 2.66. The zero-order chi connectivity index (χ0) is 17.6. The minimum Gasteiger partial charge on any atom is -0.497 e. The summed E-state index contributed by atoms with van der Waals surface area (Å²) in [7, 11) is 3.59. The lowest BCUT2D eigenvalue weighted by Crippen LogP contribution is -2.30. The molecule has 2 aromatic rings. The van der Waals surface area contributed by atoms with E-state index in [-0.39, 0.29) is 18.3 Å². The number of ether oxygens (including phenoxy) is 1. The molecule has 1 heterocycles. The van der Waals surface area contributed by atoms with Gasteiger partial charge in [-0.1, -0.05) is 18.2 Å². The van der Waals surface area contributed by atoms with Gasteiger partial charge in [0.05, 0.1) is 7.11 Å². The number of rotatable bonds is 6. The standard InChI is InChI=1S/C21H28N2O2.ClH/c1-23(21(24)8-4-16-9-11-22-12-10-16)15-17-3-5-19-14-20(25-2)7-6-18(19)13-17;/h3,5-7,13-14,16,22H,4,8-12,15H2,1-2H3;1H. The van der Waals surface area contributed by atoms with E-state index in [4.69, 9.17) is 4.74 Å². The minimum absolute atomic E-state index is 0. The molecule has 1 N–H and O–H groups in total. The van der Waals surface area contributed by atoms with Gasteiger partial charge in [0.15, 0.2) is 0 Å². The lowest BCUT2D eigenvalue weighted by Gasteiger charge is -2.23. The van der Waals surface area contributed by atoms with Crippen LogP contribution < -0.4 is 10.1 Å². The lowest BCUT2D eigenvalue weighted by molar-refractivity contribution is -0.130. The number of benzene rings is 2. The van der Waals surface area contributed by atoms with Gasteiger partial charge in [0.25, 0.3) is 0 Å². The van der Waals surface area contributed by atoms with Gasteiger partial charge in [-0.05, 0) is 72.8 Å². The average molecular weight is 377 g/mol. The Morgan fingerprint density at radius 3 is 2.58 bits per heavy atom. The first-order valence-corrected chi connectivity index (χ1v) is 9.17. The third-order valence-corrected chi connectivity index (χ3v) is 5.18. The van der Waals surface area contributed by atoms with Gasteiger partial charge < -0.3 is 15.0 Å². The number of hydrogen-bond acceptors (Lipinski definition) is 3. The van der Waals surface area contributed by atoms with Gasteiger partial charge in [-0.25, -0.2) is 0 Å². The molecule has 0 bridgehead atoms. The fourth-order valence-corrected chi connectivity index (χ4v) is 3.55. The summed E-state index contributed by atoms with van der Waals surface area (Å²) in [5.41, 5.74) is 1.16. The molecular formula is C21H29ClN2O2. The summed E-state index contributed by atoms with van der Waals surface area (Å²) in [5.74, 6) is 1.81. The van der Waals surface area contributed by atoms with Crippen molar-refractivity contribution in [2.75, 3.05) is 27.2 Å². The fourth-order valence-electron chi connectivity index (χ4n) is 3.55. The smallest absolute Gasteiger partial charge is 0.222 e. The number of carbonyl (C=O) groups excluding carboxylic acids is 1. The Labute approximate surface area is 162 Å². The summed E-state index contributed by atoms with van der Waals surface area (Å²) in [6.45, 7) is 2.85. The van der Waals surface area contributed by atoms with Crippen molar-refractivity contribution < 1.29 is 9.53 Å². The third-order valence-electron chi connectivity index (χ3n) is 5.18. The first kappa shape index (κ1) is 20.5. The van der Waals surface area contributed by atoms with Crippen LogP contribution in [0.25, 0.3) is 10.8 Å². The van der Waals surface area contributed by atoms with E-state index < -0.39 is 0 Å². The lowest BCUT2D eigenvalue weighted by atomic mass is 9.93. The summed E-state index contributed by atoms with van der Waals surface area (Å²) in [6.07, 6.45) is 4.07. The minimum atomic E-state index is 0. The zero-order valence-electron chi connectivity index (χ0n) is 15.7. The van der Waals surface area contributed by atoms with Crippen LogP contribution in [0.2, 0.25) is 0 Å². The molecule has 1 amide bonds. The summed E-state index contributed by atoms with van der Waals surface area (Å²) in [6, 6.07) is 12.4. The van der Waals surface area contributed by atoms with Gasteiger partial charge in [-0.2, -0.15) is 0 Å². The molecule has 1 aliphatic rings. The van der Waals surface area contributed by atoms with Crippen LogP contribution in [0.1, 0.15) is 31.2 Å². The fraction of sp³-hybridized carbons (Fsp3) is 0.476. The first-order chi connectivity index (χ1) is 12.2. The topological polar surface area (TPSA) is 41.6 Å². The van der Waals surface area contributed by atoms with E-state index in [1.165, 1.54) is 18.2 Å².